The van der Waals surface area contributed by atoms with Gasteiger partial charge in [0.25, 0.3) is 0 Å². The van der Waals surface area contributed by atoms with Crippen molar-refractivity contribution in [3.63, 3.8) is 0 Å². The minimum absolute atomic E-state index is 0.629. The Hall–Kier alpha value is -2.59. The minimum Gasteiger partial charge on any atom is -0.366 e. The average molecular weight is 365 g/mol. The second-order valence-corrected chi connectivity index (χ2v) is 6.85. The first-order valence-electron chi connectivity index (χ1n) is 8.96. The molecule has 1 saturated heterocycles. The summed E-state index contributed by atoms with van der Waals surface area (Å²) < 4.78 is 0. The predicted octanol–water partition coefficient (Wildman–Crippen LogP) is 5.01. The number of nitrogens with zero attached hydrogens (tertiary/aromatic N) is 3. The monoisotopic (exact) mass is 364 g/mol. The van der Waals surface area contributed by atoms with Crippen molar-refractivity contribution in [2.75, 3.05) is 23.3 Å². The summed E-state index contributed by atoms with van der Waals surface area (Å²) in [5.74, 6) is 1.62. The highest BCUT2D eigenvalue weighted by Crippen LogP contribution is 2.25. The van der Waals surface area contributed by atoms with Crippen LogP contribution in [-0.4, -0.2) is 23.1 Å². The zero-order valence-electron chi connectivity index (χ0n) is 14.5. The van der Waals surface area contributed by atoms with Crippen LogP contribution in [0.1, 0.15) is 18.4 Å². The molecule has 5 heteroatoms. The SMILES string of the molecule is Clc1ccccc1CNc1cc(-c2ccccc2)nc(N2CCCC2)n1. The van der Waals surface area contributed by atoms with Gasteiger partial charge in [-0.2, -0.15) is 4.98 Å². The van der Waals surface area contributed by atoms with E-state index in [-0.39, 0.29) is 0 Å². The van der Waals surface area contributed by atoms with Gasteiger partial charge in [-0.25, -0.2) is 4.98 Å². The Bertz CT molecular complexity index is 876. The second kappa shape index (κ2) is 7.75. The van der Waals surface area contributed by atoms with Crippen LogP contribution >= 0.6 is 11.6 Å². The van der Waals surface area contributed by atoms with Crippen LogP contribution in [0.5, 0.6) is 0 Å². The Kier molecular flexibility index (Phi) is 5.02. The molecule has 0 saturated carbocycles. The fourth-order valence-corrected chi connectivity index (χ4v) is 3.37. The molecule has 0 spiro atoms. The van der Waals surface area contributed by atoms with Crippen molar-refractivity contribution >= 4 is 23.4 Å². The third-order valence-electron chi connectivity index (χ3n) is 4.59. The summed E-state index contributed by atoms with van der Waals surface area (Å²) in [5.41, 5.74) is 3.08. The molecule has 2 aromatic carbocycles. The molecule has 0 amide bonds. The lowest BCUT2D eigenvalue weighted by atomic mass is 10.1. The van der Waals surface area contributed by atoms with Gasteiger partial charge in [0.15, 0.2) is 0 Å². The van der Waals surface area contributed by atoms with Gasteiger partial charge in [-0.1, -0.05) is 60.1 Å². The molecule has 0 aliphatic carbocycles. The lowest BCUT2D eigenvalue weighted by molar-refractivity contribution is 0.898. The van der Waals surface area contributed by atoms with E-state index in [1.165, 1.54) is 12.8 Å². The van der Waals surface area contributed by atoms with Crippen LogP contribution in [0.15, 0.2) is 60.7 Å². The summed E-state index contributed by atoms with van der Waals surface area (Å²) in [6.45, 7) is 2.66. The highest BCUT2D eigenvalue weighted by molar-refractivity contribution is 6.31. The summed E-state index contributed by atoms with van der Waals surface area (Å²) in [5, 5.41) is 4.17. The number of nitrogens with one attached hydrogen (secondary N) is 1. The summed E-state index contributed by atoms with van der Waals surface area (Å²) in [7, 11) is 0. The normalized spacial score (nSPS) is 13.8. The molecule has 2 heterocycles. The minimum atomic E-state index is 0.629. The van der Waals surface area contributed by atoms with E-state index in [4.69, 9.17) is 21.6 Å². The number of rotatable bonds is 5. The molecule has 1 N–H and O–H groups in total. The van der Waals surface area contributed by atoms with E-state index in [1.54, 1.807) is 0 Å². The lowest BCUT2D eigenvalue weighted by Crippen LogP contribution is -2.21. The first kappa shape index (κ1) is 16.9. The molecular weight excluding hydrogens is 344 g/mol. The number of aromatic nitrogens is 2. The van der Waals surface area contributed by atoms with Crippen molar-refractivity contribution in [1.82, 2.24) is 9.97 Å². The molecule has 1 aliphatic rings. The van der Waals surface area contributed by atoms with Gasteiger partial charge in [-0.05, 0) is 24.5 Å². The van der Waals surface area contributed by atoms with E-state index in [2.05, 4.69) is 22.3 Å². The third kappa shape index (κ3) is 3.81. The van der Waals surface area contributed by atoms with Gasteiger partial charge in [0.1, 0.15) is 5.82 Å². The first-order valence-corrected chi connectivity index (χ1v) is 9.34. The van der Waals surface area contributed by atoms with Crippen LogP contribution < -0.4 is 10.2 Å². The Balaban J connectivity index is 1.64. The smallest absolute Gasteiger partial charge is 0.227 e. The highest BCUT2D eigenvalue weighted by atomic mass is 35.5. The molecule has 4 rings (SSSR count). The van der Waals surface area contributed by atoms with E-state index in [1.807, 2.05) is 48.5 Å². The van der Waals surface area contributed by atoms with E-state index in [9.17, 15) is 0 Å². The van der Waals surface area contributed by atoms with Gasteiger partial charge in [-0.15, -0.1) is 0 Å². The van der Waals surface area contributed by atoms with Crippen LogP contribution in [0.25, 0.3) is 11.3 Å². The molecule has 132 valence electrons. The molecule has 0 bridgehead atoms. The number of halogens is 1. The van der Waals surface area contributed by atoms with Gasteiger partial charge >= 0.3 is 0 Å². The van der Waals surface area contributed by atoms with Gasteiger partial charge in [0.2, 0.25) is 5.95 Å². The maximum atomic E-state index is 6.27. The van der Waals surface area contributed by atoms with Crippen molar-refractivity contribution in [3.8, 4) is 11.3 Å². The molecule has 1 aliphatic heterocycles. The van der Waals surface area contributed by atoms with Crippen molar-refractivity contribution in [3.05, 3.63) is 71.2 Å². The summed E-state index contributed by atoms with van der Waals surface area (Å²) in [6.07, 6.45) is 2.39. The number of hydrogen-bond donors (Lipinski definition) is 1. The molecule has 1 aromatic heterocycles. The average Bonchev–Trinajstić information content (AvgIpc) is 3.23. The molecule has 0 atom stereocenters. The zero-order chi connectivity index (χ0) is 17.8. The van der Waals surface area contributed by atoms with Crippen LogP contribution in [-0.2, 0) is 6.54 Å². The zero-order valence-corrected chi connectivity index (χ0v) is 15.3. The van der Waals surface area contributed by atoms with Gasteiger partial charge in [-0.3, -0.25) is 0 Å². The van der Waals surface area contributed by atoms with Crippen molar-refractivity contribution in [1.29, 1.82) is 0 Å². The predicted molar refractivity (Wildman–Crippen MR) is 108 cm³/mol. The Morgan fingerprint density at radius 3 is 2.42 bits per heavy atom. The molecule has 4 nitrogen and oxygen atoms in total. The Morgan fingerprint density at radius 1 is 0.923 bits per heavy atom. The number of benzene rings is 2. The summed E-state index contributed by atoms with van der Waals surface area (Å²) in [6, 6.07) is 20.1. The van der Waals surface area contributed by atoms with Gasteiger partial charge in [0.05, 0.1) is 5.69 Å². The largest absolute Gasteiger partial charge is 0.366 e. The van der Waals surface area contributed by atoms with E-state index in [0.717, 1.165) is 46.7 Å². The molecule has 0 radical (unpaired) electrons. The molecule has 26 heavy (non-hydrogen) atoms. The quantitative estimate of drug-likeness (QED) is 0.691. The number of anilines is 2. The molecule has 0 unspecified atom stereocenters. The van der Waals surface area contributed by atoms with Crippen LogP contribution in [0.2, 0.25) is 5.02 Å². The Morgan fingerprint density at radius 2 is 1.65 bits per heavy atom. The molecule has 1 fully saturated rings. The van der Waals surface area contributed by atoms with Crippen molar-refractivity contribution in [2.45, 2.75) is 19.4 Å². The van der Waals surface area contributed by atoms with Gasteiger partial charge in [0, 0.05) is 36.3 Å². The maximum Gasteiger partial charge on any atom is 0.227 e. The van der Waals surface area contributed by atoms with E-state index < -0.39 is 0 Å². The fourth-order valence-electron chi connectivity index (χ4n) is 3.17. The summed E-state index contributed by atoms with van der Waals surface area (Å²) in [4.78, 5) is 11.8. The van der Waals surface area contributed by atoms with Crippen molar-refractivity contribution < 1.29 is 0 Å². The fraction of sp³-hybridized carbons (Fsp3) is 0.238. The van der Waals surface area contributed by atoms with Crippen LogP contribution in [0.4, 0.5) is 11.8 Å². The van der Waals surface area contributed by atoms with Crippen molar-refractivity contribution in [2.24, 2.45) is 0 Å². The molecule has 3 aromatic rings. The summed E-state index contributed by atoms with van der Waals surface area (Å²) >= 11 is 6.27. The van der Waals surface area contributed by atoms with E-state index in [0.29, 0.717) is 6.54 Å². The third-order valence-corrected chi connectivity index (χ3v) is 4.96. The second-order valence-electron chi connectivity index (χ2n) is 6.44. The maximum absolute atomic E-state index is 6.27. The van der Waals surface area contributed by atoms with E-state index >= 15 is 0 Å². The highest BCUT2D eigenvalue weighted by Gasteiger charge is 2.17. The topological polar surface area (TPSA) is 41.1 Å². The standard InChI is InChI=1S/C21H21ClN4/c22-18-11-5-4-10-17(18)15-23-20-14-19(16-8-2-1-3-9-16)24-21(25-20)26-12-6-7-13-26/h1-5,8-11,14H,6-7,12-13,15H2,(H,23,24,25). The van der Waals surface area contributed by atoms with Crippen LogP contribution in [0.3, 0.4) is 0 Å². The number of hydrogen-bond acceptors (Lipinski definition) is 4. The first-order chi connectivity index (χ1) is 12.8. The Labute approximate surface area is 158 Å². The van der Waals surface area contributed by atoms with Gasteiger partial charge < -0.3 is 10.2 Å². The lowest BCUT2D eigenvalue weighted by Gasteiger charge is -2.18. The van der Waals surface area contributed by atoms with Crippen LogP contribution in [0, 0.1) is 0 Å². The molecular formula is C21H21ClN4.